The standard InChI is InChI=1S/C31H31N3O5S/c1-2-34-30-13-12-25(40(36,37)33-15-17-38-18-16-33)21-27(30)28(31(34)35)20-23-22-32(29-11-7-6-10-26(23)29)14-19-39-24-8-4-3-5-9-24/h3-13,20-22H,2,14-19H2,1H3/b28-20-. The Bertz CT molecular complexity index is 1690. The molecule has 0 spiro atoms. The number of para-hydroxylation sites is 2. The van der Waals surface area contributed by atoms with Crippen LogP contribution in [0.4, 0.5) is 5.69 Å². The normalized spacial score (nSPS) is 17.1. The van der Waals surface area contributed by atoms with Crippen LogP contribution in [0.3, 0.4) is 0 Å². The summed E-state index contributed by atoms with van der Waals surface area (Å²) in [6.45, 7) is 4.90. The van der Waals surface area contributed by atoms with Crippen molar-refractivity contribution in [2.24, 2.45) is 0 Å². The first kappa shape index (κ1) is 26.3. The second-order valence-corrected chi connectivity index (χ2v) is 11.7. The number of hydrogen-bond donors (Lipinski definition) is 0. The average molecular weight is 558 g/mol. The van der Waals surface area contributed by atoms with E-state index in [1.54, 1.807) is 23.1 Å². The minimum atomic E-state index is -3.71. The zero-order valence-electron chi connectivity index (χ0n) is 22.3. The number of nitrogens with zero attached hydrogens (tertiary/aromatic N) is 3. The van der Waals surface area contributed by atoms with Gasteiger partial charge in [-0.05, 0) is 49.4 Å². The Morgan fingerprint density at radius 1 is 0.975 bits per heavy atom. The van der Waals surface area contributed by atoms with Gasteiger partial charge < -0.3 is 18.9 Å². The van der Waals surface area contributed by atoms with Gasteiger partial charge in [0, 0.05) is 53.4 Å². The number of benzene rings is 3. The minimum absolute atomic E-state index is 0.136. The van der Waals surface area contributed by atoms with Gasteiger partial charge in [0.2, 0.25) is 10.0 Å². The zero-order valence-corrected chi connectivity index (χ0v) is 23.1. The summed E-state index contributed by atoms with van der Waals surface area (Å²) >= 11 is 0. The number of amides is 1. The minimum Gasteiger partial charge on any atom is -0.492 e. The number of hydrogen-bond acceptors (Lipinski definition) is 5. The van der Waals surface area contributed by atoms with Gasteiger partial charge in [-0.3, -0.25) is 4.79 Å². The number of rotatable bonds is 8. The number of ether oxygens (including phenoxy) is 2. The van der Waals surface area contributed by atoms with Crippen LogP contribution >= 0.6 is 0 Å². The van der Waals surface area contributed by atoms with E-state index in [1.165, 1.54) is 4.31 Å². The highest BCUT2D eigenvalue weighted by Crippen LogP contribution is 2.40. The van der Waals surface area contributed by atoms with Gasteiger partial charge in [0.25, 0.3) is 5.91 Å². The summed E-state index contributed by atoms with van der Waals surface area (Å²) in [6.07, 6.45) is 3.92. The van der Waals surface area contributed by atoms with Crippen molar-refractivity contribution in [1.29, 1.82) is 0 Å². The van der Waals surface area contributed by atoms with E-state index >= 15 is 0 Å². The fourth-order valence-corrected chi connectivity index (χ4v) is 6.83. The summed E-state index contributed by atoms with van der Waals surface area (Å²) in [7, 11) is -3.71. The van der Waals surface area contributed by atoms with Crippen LogP contribution in [-0.4, -0.2) is 62.7 Å². The molecule has 1 saturated heterocycles. The fraction of sp³-hybridized carbons (Fsp3) is 0.258. The Kier molecular flexibility index (Phi) is 7.18. The summed E-state index contributed by atoms with van der Waals surface area (Å²) < 4.78 is 41.6. The monoisotopic (exact) mass is 557 g/mol. The summed E-state index contributed by atoms with van der Waals surface area (Å²) in [5.41, 5.74) is 3.76. The molecule has 0 N–H and O–H groups in total. The van der Waals surface area contributed by atoms with Gasteiger partial charge in [-0.1, -0.05) is 36.4 Å². The molecule has 0 unspecified atom stereocenters. The molecular formula is C31H31N3O5S. The van der Waals surface area contributed by atoms with Crippen molar-refractivity contribution in [3.8, 4) is 5.75 Å². The lowest BCUT2D eigenvalue weighted by atomic mass is 10.0. The van der Waals surface area contributed by atoms with E-state index in [2.05, 4.69) is 10.6 Å². The SMILES string of the molecule is CCN1C(=O)/C(=C\c2cn(CCOc3ccccc3)c3ccccc23)c2cc(S(=O)(=O)N3CCOCC3)ccc21. The maximum Gasteiger partial charge on any atom is 0.258 e. The van der Waals surface area contributed by atoms with Crippen LogP contribution < -0.4 is 9.64 Å². The second-order valence-electron chi connectivity index (χ2n) is 9.76. The van der Waals surface area contributed by atoms with E-state index < -0.39 is 10.0 Å². The van der Waals surface area contributed by atoms with Crippen molar-refractivity contribution in [3.05, 3.63) is 90.1 Å². The number of fused-ring (bicyclic) bond motifs is 2. The maximum absolute atomic E-state index is 13.6. The molecule has 3 aromatic carbocycles. The fourth-order valence-electron chi connectivity index (χ4n) is 5.40. The van der Waals surface area contributed by atoms with Gasteiger partial charge in [0.1, 0.15) is 12.4 Å². The van der Waals surface area contributed by atoms with Crippen LogP contribution in [0, 0.1) is 0 Å². The average Bonchev–Trinajstić information content (AvgIpc) is 3.47. The van der Waals surface area contributed by atoms with Crippen LogP contribution in [0.15, 0.2) is 83.9 Å². The number of carbonyl (C=O) groups is 1. The molecule has 1 amide bonds. The van der Waals surface area contributed by atoms with Gasteiger partial charge in [-0.15, -0.1) is 0 Å². The molecule has 6 rings (SSSR count). The van der Waals surface area contributed by atoms with Crippen LogP contribution in [0.5, 0.6) is 5.75 Å². The molecule has 8 nitrogen and oxygen atoms in total. The third kappa shape index (κ3) is 4.81. The third-order valence-electron chi connectivity index (χ3n) is 7.41. The highest BCUT2D eigenvalue weighted by molar-refractivity contribution is 7.89. The number of morpholine rings is 1. The van der Waals surface area contributed by atoms with Crippen molar-refractivity contribution in [2.75, 3.05) is 44.4 Å². The van der Waals surface area contributed by atoms with Crippen molar-refractivity contribution < 1.29 is 22.7 Å². The van der Waals surface area contributed by atoms with E-state index in [0.29, 0.717) is 57.1 Å². The number of carbonyl (C=O) groups excluding carboxylic acids is 1. The first-order chi connectivity index (χ1) is 19.5. The molecule has 1 fully saturated rings. The van der Waals surface area contributed by atoms with E-state index in [4.69, 9.17) is 9.47 Å². The number of aromatic nitrogens is 1. The molecule has 0 bridgehead atoms. The molecule has 0 aliphatic carbocycles. The molecule has 0 radical (unpaired) electrons. The Morgan fingerprint density at radius 2 is 1.73 bits per heavy atom. The molecule has 40 heavy (non-hydrogen) atoms. The van der Waals surface area contributed by atoms with Crippen molar-refractivity contribution >= 4 is 44.2 Å². The van der Waals surface area contributed by atoms with Crippen LogP contribution in [0.2, 0.25) is 0 Å². The van der Waals surface area contributed by atoms with Crippen molar-refractivity contribution in [3.63, 3.8) is 0 Å². The molecule has 9 heteroatoms. The molecule has 206 valence electrons. The second kappa shape index (κ2) is 10.9. The molecule has 4 aromatic rings. The Balaban J connectivity index is 1.37. The van der Waals surface area contributed by atoms with E-state index in [0.717, 1.165) is 27.9 Å². The lowest BCUT2D eigenvalue weighted by Gasteiger charge is -2.26. The van der Waals surface area contributed by atoms with E-state index in [-0.39, 0.29) is 10.8 Å². The lowest BCUT2D eigenvalue weighted by Crippen LogP contribution is -2.40. The molecule has 0 atom stereocenters. The number of likely N-dealkylation sites (N-methyl/N-ethyl adjacent to an activating group) is 1. The lowest BCUT2D eigenvalue weighted by molar-refractivity contribution is -0.112. The van der Waals surface area contributed by atoms with Gasteiger partial charge in [-0.25, -0.2) is 8.42 Å². The Hall–Kier alpha value is -3.92. The summed E-state index contributed by atoms with van der Waals surface area (Å²) in [4.78, 5) is 15.5. The Labute approximate surface area is 234 Å². The first-order valence-corrected chi connectivity index (χ1v) is 14.9. The largest absolute Gasteiger partial charge is 0.492 e. The predicted octanol–water partition coefficient (Wildman–Crippen LogP) is 4.65. The van der Waals surface area contributed by atoms with Gasteiger partial charge >= 0.3 is 0 Å². The zero-order chi connectivity index (χ0) is 27.7. The van der Waals surface area contributed by atoms with Gasteiger partial charge in [0.05, 0.1) is 30.3 Å². The topological polar surface area (TPSA) is 81.1 Å². The maximum atomic E-state index is 13.6. The molecule has 2 aliphatic heterocycles. The molecule has 3 heterocycles. The third-order valence-corrected chi connectivity index (χ3v) is 9.31. The van der Waals surface area contributed by atoms with Crippen molar-refractivity contribution in [2.45, 2.75) is 18.4 Å². The summed E-state index contributed by atoms with van der Waals surface area (Å²) in [5, 5.41) is 1.01. The Morgan fingerprint density at radius 3 is 2.50 bits per heavy atom. The smallest absolute Gasteiger partial charge is 0.258 e. The number of anilines is 1. The quantitative estimate of drug-likeness (QED) is 0.295. The molecule has 1 aromatic heterocycles. The van der Waals surface area contributed by atoms with Gasteiger partial charge in [-0.2, -0.15) is 4.31 Å². The highest BCUT2D eigenvalue weighted by atomic mass is 32.2. The van der Waals surface area contributed by atoms with Crippen LogP contribution in [-0.2, 0) is 26.1 Å². The van der Waals surface area contributed by atoms with Gasteiger partial charge in [0.15, 0.2) is 0 Å². The van der Waals surface area contributed by atoms with E-state index in [1.807, 2.05) is 67.7 Å². The molecule has 2 aliphatic rings. The molecule has 0 saturated carbocycles. The highest BCUT2D eigenvalue weighted by Gasteiger charge is 2.34. The van der Waals surface area contributed by atoms with Crippen LogP contribution in [0.1, 0.15) is 18.1 Å². The number of sulfonamides is 1. The van der Waals surface area contributed by atoms with Crippen molar-refractivity contribution in [1.82, 2.24) is 8.87 Å². The van der Waals surface area contributed by atoms with Crippen LogP contribution in [0.25, 0.3) is 22.6 Å². The first-order valence-electron chi connectivity index (χ1n) is 13.5. The summed E-state index contributed by atoms with van der Waals surface area (Å²) in [6, 6.07) is 22.7. The van der Waals surface area contributed by atoms with E-state index in [9.17, 15) is 13.2 Å². The summed E-state index contributed by atoms with van der Waals surface area (Å²) in [5.74, 6) is 0.680. The predicted molar refractivity (Wildman–Crippen MR) is 156 cm³/mol. The molecular weight excluding hydrogens is 526 g/mol.